The van der Waals surface area contributed by atoms with Crippen LogP contribution in [0.1, 0.15) is 47.2 Å². The van der Waals surface area contributed by atoms with E-state index in [0.717, 1.165) is 17.6 Å². The van der Waals surface area contributed by atoms with Crippen molar-refractivity contribution >= 4 is 17.5 Å². The van der Waals surface area contributed by atoms with Crippen LogP contribution in [-0.4, -0.2) is 49.5 Å². The number of nitrogens with one attached hydrogen (secondary N) is 1. The molecule has 3 aromatic heterocycles. The molecular formula is C20H24N6O3. The zero-order chi connectivity index (χ0) is 20.6. The van der Waals surface area contributed by atoms with Gasteiger partial charge in [0, 0.05) is 25.5 Å². The smallest absolute Gasteiger partial charge is 0.274 e. The maximum absolute atomic E-state index is 13.0. The van der Waals surface area contributed by atoms with E-state index in [1.165, 1.54) is 0 Å². The molecule has 1 atom stereocenters. The molecule has 0 aromatic carbocycles. The standard InChI is InChI=1S/C20H24N6O3/c1-13-5-6-17-22-16(11-26(17)10-13)18(27)25-8-4-7-20(3,12-25)19(28)21-9-15-14(2)23-29-24-15/h5-6,10-11H,4,7-9,12H2,1-3H3,(H,21,28)/t20-/m1/s1. The van der Waals surface area contributed by atoms with Gasteiger partial charge in [-0.05, 0) is 45.2 Å². The lowest BCUT2D eigenvalue weighted by Crippen LogP contribution is -2.51. The van der Waals surface area contributed by atoms with Gasteiger partial charge in [0.25, 0.3) is 5.91 Å². The first-order valence-electron chi connectivity index (χ1n) is 9.67. The van der Waals surface area contributed by atoms with Gasteiger partial charge < -0.3 is 14.6 Å². The van der Waals surface area contributed by atoms with Crippen molar-refractivity contribution in [3.05, 3.63) is 47.2 Å². The summed E-state index contributed by atoms with van der Waals surface area (Å²) in [7, 11) is 0. The number of imidazole rings is 1. The van der Waals surface area contributed by atoms with Crippen molar-refractivity contribution in [1.82, 2.24) is 29.9 Å². The van der Waals surface area contributed by atoms with Gasteiger partial charge in [-0.3, -0.25) is 9.59 Å². The molecule has 3 aromatic rings. The maximum atomic E-state index is 13.0. The Kier molecular flexibility index (Phi) is 4.81. The van der Waals surface area contributed by atoms with Crippen LogP contribution in [-0.2, 0) is 11.3 Å². The normalized spacial score (nSPS) is 19.5. The summed E-state index contributed by atoms with van der Waals surface area (Å²) < 4.78 is 6.52. The zero-order valence-corrected chi connectivity index (χ0v) is 16.8. The second kappa shape index (κ2) is 7.31. The quantitative estimate of drug-likeness (QED) is 0.722. The Hall–Kier alpha value is -3.23. The molecule has 9 nitrogen and oxygen atoms in total. The van der Waals surface area contributed by atoms with Crippen molar-refractivity contribution in [2.75, 3.05) is 13.1 Å². The van der Waals surface area contributed by atoms with Crippen molar-refractivity contribution in [1.29, 1.82) is 0 Å². The Bertz CT molecular complexity index is 1070. The number of aryl methyl sites for hydroxylation is 2. The molecule has 1 fully saturated rings. The van der Waals surface area contributed by atoms with E-state index >= 15 is 0 Å². The molecule has 1 aliphatic heterocycles. The highest BCUT2D eigenvalue weighted by Crippen LogP contribution is 2.30. The summed E-state index contributed by atoms with van der Waals surface area (Å²) in [6.45, 7) is 6.87. The average Bonchev–Trinajstić information content (AvgIpc) is 3.30. The van der Waals surface area contributed by atoms with Crippen LogP contribution in [0.2, 0.25) is 0 Å². The van der Waals surface area contributed by atoms with Crippen LogP contribution in [0.3, 0.4) is 0 Å². The van der Waals surface area contributed by atoms with Gasteiger partial charge in [-0.1, -0.05) is 16.4 Å². The van der Waals surface area contributed by atoms with E-state index in [0.29, 0.717) is 36.6 Å². The Morgan fingerprint density at radius 3 is 2.83 bits per heavy atom. The molecule has 4 rings (SSSR count). The number of nitrogens with zero attached hydrogens (tertiary/aromatic N) is 5. The fourth-order valence-corrected chi connectivity index (χ4v) is 3.75. The first-order valence-corrected chi connectivity index (χ1v) is 9.67. The van der Waals surface area contributed by atoms with Crippen molar-refractivity contribution in [3.8, 4) is 0 Å². The highest BCUT2D eigenvalue weighted by atomic mass is 16.6. The molecule has 0 aliphatic carbocycles. The number of pyridine rings is 1. The lowest BCUT2D eigenvalue weighted by atomic mass is 9.80. The first kappa shape index (κ1) is 19.1. The van der Waals surface area contributed by atoms with Crippen LogP contribution < -0.4 is 5.32 Å². The SMILES string of the molecule is Cc1ccc2nc(C(=O)N3CCC[C@@](C)(C(=O)NCc4nonc4C)C3)cn2c1. The summed E-state index contributed by atoms with van der Waals surface area (Å²) in [5.74, 6) is -0.260. The summed E-state index contributed by atoms with van der Waals surface area (Å²) in [4.78, 5) is 32.1. The van der Waals surface area contributed by atoms with Crippen molar-refractivity contribution < 1.29 is 14.2 Å². The largest absolute Gasteiger partial charge is 0.350 e. The molecule has 1 N–H and O–H groups in total. The fourth-order valence-electron chi connectivity index (χ4n) is 3.75. The van der Waals surface area contributed by atoms with E-state index in [1.807, 2.05) is 36.6 Å². The molecule has 4 heterocycles. The van der Waals surface area contributed by atoms with Crippen LogP contribution in [0.25, 0.3) is 5.65 Å². The molecular weight excluding hydrogens is 372 g/mol. The molecule has 1 aliphatic rings. The molecule has 1 saturated heterocycles. The number of hydrogen-bond donors (Lipinski definition) is 1. The third-order valence-corrected chi connectivity index (χ3v) is 5.51. The predicted molar refractivity (Wildman–Crippen MR) is 104 cm³/mol. The minimum absolute atomic E-state index is 0.108. The Morgan fingerprint density at radius 2 is 2.07 bits per heavy atom. The minimum atomic E-state index is -0.672. The van der Waals surface area contributed by atoms with E-state index < -0.39 is 5.41 Å². The summed E-state index contributed by atoms with van der Waals surface area (Å²) in [5.41, 5.74) is 2.80. The van der Waals surface area contributed by atoms with E-state index in [1.54, 1.807) is 18.0 Å². The molecule has 29 heavy (non-hydrogen) atoms. The first-order chi connectivity index (χ1) is 13.9. The average molecular weight is 396 g/mol. The summed E-state index contributed by atoms with van der Waals surface area (Å²) in [6, 6.07) is 3.85. The van der Waals surface area contributed by atoms with Gasteiger partial charge in [-0.15, -0.1) is 0 Å². The molecule has 0 bridgehead atoms. The summed E-state index contributed by atoms with van der Waals surface area (Å²) in [5, 5.41) is 10.4. The van der Waals surface area contributed by atoms with Gasteiger partial charge in [0.15, 0.2) is 0 Å². The van der Waals surface area contributed by atoms with Crippen LogP contribution in [0.15, 0.2) is 29.2 Å². The number of hydrogen-bond acceptors (Lipinski definition) is 6. The van der Waals surface area contributed by atoms with Crippen LogP contribution in [0.4, 0.5) is 0 Å². The van der Waals surface area contributed by atoms with Crippen LogP contribution >= 0.6 is 0 Å². The Labute approximate surface area is 168 Å². The molecule has 9 heteroatoms. The maximum Gasteiger partial charge on any atom is 0.274 e. The van der Waals surface area contributed by atoms with Gasteiger partial charge in [0.05, 0.1) is 12.0 Å². The monoisotopic (exact) mass is 396 g/mol. The second-order valence-corrected chi connectivity index (χ2v) is 7.97. The number of carbonyl (C=O) groups is 2. The van der Waals surface area contributed by atoms with E-state index in [2.05, 4.69) is 25.2 Å². The van der Waals surface area contributed by atoms with Gasteiger partial charge in [-0.2, -0.15) is 0 Å². The van der Waals surface area contributed by atoms with E-state index in [9.17, 15) is 9.59 Å². The topological polar surface area (TPSA) is 106 Å². The summed E-state index contributed by atoms with van der Waals surface area (Å²) in [6.07, 6.45) is 5.15. The number of rotatable bonds is 4. The molecule has 2 amide bonds. The number of fused-ring (bicyclic) bond motifs is 1. The second-order valence-electron chi connectivity index (χ2n) is 7.97. The number of piperidine rings is 1. The van der Waals surface area contributed by atoms with E-state index in [4.69, 9.17) is 0 Å². The van der Waals surface area contributed by atoms with Gasteiger partial charge in [-0.25, -0.2) is 9.61 Å². The summed E-state index contributed by atoms with van der Waals surface area (Å²) >= 11 is 0. The molecule has 0 radical (unpaired) electrons. The third kappa shape index (κ3) is 3.72. The van der Waals surface area contributed by atoms with Crippen LogP contribution in [0, 0.1) is 19.3 Å². The van der Waals surface area contributed by atoms with Gasteiger partial charge >= 0.3 is 0 Å². The number of likely N-dealkylation sites (tertiary alicyclic amines) is 1. The van der Waals surface area contributed by atoms with Crippen molar-refractivity contribution in [3.63, 3.8) is 0 Å². The molecule has 0 spiro atoms. The van der Waals surface area contributed by atoms with Gasteiger partial charge in [0.2, 0.25) is 5.91 Å². The Balaban J connectivity index is 1.46. The fraction of sp³-hybridized carbons (Fsp3) is 0.450. The predicted octanol–water partition coefficient (Wildman–Crippen LogP) is 1.89. The Morgan fingerprint density at radius 1 is 1.24 bits per heavy atom. The van der Waals surface area contributed by atoms with Crippen LogP contribution in [0.5, 0.6) is 0 Å². The highest BCUT2D eigenvalue weighted by molar-refractivity contribution is 5.94. The molecule has 152 valence electrons. The molecule has 0 saturated carbocycles. The van der Waals surface area contributed by atoms with Gasteiger partial charge in [0.1, 0.15) is 22.7 Å². The lowest BCUT2D eigenvalue weighted by molar-refractivity contribution is -0.132. The highest BCUT2D eigenvalue weighted by Gasteiger charge is 2.40. The minimum Gasteiger partial charge on any atom is -0.350 e. The van der Waals surface area contributed by atoms with E-state index in [-0.39, 0.29) is 18.4 Å². The van der Waals surface area contributed by atoms with Crippen molar-refractivity contribution in [2.45, 2.75) is 40.2 Å². The number of aromatic nitrogens is 4. The van der Waals surface area contributed by atoms with Crippen molar-refractivity contribution in [2.24, 2.45) is 5.41 Å². The number of carbonyl (C=O) groups excluding carboxylic acids is 2. The lowest BCUT2D eigenvalue weighted by Gasteiger charge is -2.39. The number of amides is 2. The molecule has 0 unspecified atom stereocenters. The third-order valence-electron chi connectivity index (χ3n) is 5.51. The zero-order valence-electron chi connectivity index (χ0n) is 16.8.